The van der Waals surface area contributed by atoms with Gasteiger partial charge in [0.25, 0.3) is 0 Å². The summed E-state index contributed by atoms with van der Waals surface area (Å²) in [6, 6.07) is 14.7. The van der Waals surface area contributed by atoms with Crippen LogP contribution in [0.5, 0.6) is 0 Å². The topological polar surface area (TPSA) is 37.3 Å². The minimum Gasteiger partial charge on any atom is -0.478 e. The lowest BCUT2D eigenvalue weighted by Gasteiger charge is -2.04. The summed E-state index contributed by atoms with van der Waals surface area (Å²) < 4.78 is 0. The second-order valence-electron chi connectivity index (χ2n) is 4.47. The average molecular weight is 287 g/mol. The van der Waals surface area contributed by atoms with Gasteiger partial charge in [-0.3, -0.25) is 0 Å². The largest absolute Gasteiger partial charge is 0.478 e. The minimum atomic E-state index is -0.952. The first-order valence-corrected chi connectivity index (χ1v) is 6.78. The first-order chi connectivity index (χ1) is 9.60. The van der Waals surface area contributed by atoms with Crippen molar-refractivity contribution in [3.05, 3.63) is 70.2 Å². The zero-order valence-corrected chi connectivity index (χ0v) is 11.9. The van der Waals surface area contributed by atoms with Crippen LogP contribution in [0, 0.1) is 0 Å². The zero-order chi connectivity index (χ0) is 14.5. The quantitative estimate of drug-likeness (QED) is 0.662. The van der Waals surface area contributed by atoms with E-state index >= 15 is 0 Å². The number of carbonyl (C=O) groups is 1. The highest BCUT2D eigenvalue weighted by molar-refractivity contribution is 6.30. The summed E-state index contributed by atoms with van der Waals surface area (Å²) in [5.41, 5.74) is 2.99. The molecule has 0 aliphatic heterocycles. The van der Waals surface area contributed by atoms with E-state index in [1.807, 2.05) is 24.3 Å². The lowest BCUT2D eigenvalue weighted by atomic mass is 10.0. The molecule has 1 N–H and O–H groups in total. The van der Waals surface area contributed by atoms with E-state index in [2.05, 4.69) is 6.92 Å². The molecule has 0 radical (unpaired) electrons. The highest BCUT2D eigenvalue weighted by atomic mass is 35.5. The van der Waals surface area contributed by atoms with Crippen molar-refractivity contribution < 1.29 is 9.90 Å². The Balaban J connectivity index is 2.39. The Morgan fingerprint density at radius 2 is 1.70 bits per heavy atom. The molecule has 0 heterocycles. The maximum absolute atomic E-state index is 11.4. The molecule has 3 heteroatoms. The molecule has 2 aromatic rings. The fraction of sp³-hybridized carbons (Fsp3) is 0.118. The Labute approximate surface area is 123 Å². The van der Waals surface area contributed by atoms with E-state index in [4.69, 9.17) is 11.6 Å². The van der Waals surface area contributed by atoms with Gasteiger partial charge in [-0.1, -0.05) is 54.9 Å². The fourth-order valence-electron chi connectivity index (χ4n) is 1.91. The van der Waals surface area contributed by atoms with Gasteiger partial charge >= 0.3 is 5.97 Å². The molecule has 0 aliphatic rings. The summed E-state index contributed by atoms with van der Waals surface area (Å²) >= 11 is 5.82. The van der Waals surface area contributed by atoms with Crippen LogP contribution in [-0.2, 0) is 11.2 Å². The Kier molecular flexibility index (Phi) is 4.59. The van der Waals surface area contributed by atoms with Gasteiger partial charge in [0.15, 0.2) is 0 Å². The Morgan fingerprint density at radius 3 is 2.20 bits per heavy atom. The SMILES string of the molecule is CCc1ccc(/C=C(\C(=O)O)c2ccc(Cl)cc2)cc1. The average Bonchev–Trinajstić information content (AvgIpc) is 2.46. The van der Waals surface area contributed by atoms with Crippen LogP contribution in [-0.4, -0.2) is 11.1 Å². The van der Waals surface area contributed by atoms with E-state index in [9.17, 15) is 9.90 Å². The van der Waals surface area contributed by atoms with Gasteiger partial charge in [0, 0.05) is 5.02 Å². The van der Waals surface area contributed by atoms with Crippen molar-refractivity contribution in [1.29, 1.82) is 0 Å². The molecule has 0 bridgehead atoms. The van der Waals surface area contributed by atoms with E-state index in [0.717, 1.165) is 12.0 Å². The molecule has 0 aromatic heterocycles. The highest BCUT2D eigenvalue weighted by Gasteiger charge is 2.10. The summed E-state index contributed by atoms with van der Waals surface area (Å²) in [4.78, 5) is 11.4. The van der Waals surface area contributed by atoms with E-state index < -0.39 is 5.97 Å². The molecular weight excluding hydrogens is 272 g/mol. The highest BCUT2D eigenvalue weighted by Crippen LogP contribution is 2.21. The normalized spacial score (nSPS) is 11.4. The van der Waals surface area contributed by atoms with Crippen molar-refractivity contribution in [3.63, 3.8) is 0 Å². The van der Waals surface area contributed by atoms with Crippen molar-refractivity contribution in [2.45, 2.75) is 13.3 Å². The van der Waals surface area contributed by atoms with Gasteiger partial charge in [0.05, 0.1) is 5.57 Å². The number of hydrogen-bond acceptors (Lipinski definition) is 1. The van der Waals surface area contributed by atoms with Crippen molar-refractivity contribution >= 4 is 29.2 Å². The summed E-state index contributed by atoms with van der Waals surface area (Å²) in [5, 5.41) is 9.95. The van der Waals surface area contributed by atoms with Crippen molar-refractivity contribution in [1.82, 2.24) is 0 Å². The number of aryl methyl sites for hydroxylation is 1. The van der Waals surface area contributed by atoms with Crippen LogP contribution in [0.2, 0.25) is 5.02 Å². The monoisotopic (exact) mass is 286 g/mol. The Bertz CT molecular complexity index is 625. The second-order valence-corrected chi connectivity index (χ2v) is 4.90. The van der Waals surface area contributed by atoms with Gasteiger partial charge in [-0.05, 0) is 41.3 Å². The summed E-state index contributed by atoms with van der Waals surface area (Å²) in [7, 11) is 0. The van der Waals surface area contributed by atoms with Crippen LogP contribution < -0.4 is 0 Å². The van der Waals surface area contributed by atoms with Crippen LogP contribution in [0.15, 0.2) is 48.5 Å². The number of rotatable bonds is 4. The van der Waals surface area contributed by atoms with Gasteiger partial charge in [0.2, 0.25) is 0 Å². The third-order valence-corrected chi connectivity index (χ3v) is 3.34. The zero-order valence-electron chi connectivity index (χ0n) is 11.1. The van der Waals surface area contributed by atoms with Crippen molar-refractivity contribution in [3.8, 4) is 0 Å². The van der Waals surface area contributed by atoms with E-state index in [1.54, 1.807) is 30.3 Å². The molecule has 0 saturated carbocycles. The molecule has 2 aromatic carbocycles. The molecule has 0 amide bonds. The standard InChI is InChI=1S/C17H15ClO2/c1-2-12-3-5-13(6-4-12)11-16(17(19)20)14-7-9-15(18)10-8-14/h3-11H,2H2,1H3,(H,19,20)/b16-11-. The molecule has 0 fully saturated rings. The Morgan fingerprint density at radius 1 is 1.10 bits per heavy atom. The number of benzene rings is 2. The molecule has 20 heavy (non-hydrogen) atoms. The first kappa shape index (κ1) is 14.4. The number of halogens is 1. The molecule has 0 aliphatic carbocycles. The van der Waals surface area contributed by atoms with Crippen LogP contribution in [0.25, 0.3) is 11.6 Å². The number of carboxylic acid groups (broad SMARTS) is 1. The van der Waals surface area contributed by atoms with Gasteiger partial charge in [0.1, 0.15) is 0 Å². The third-order valence-electron chi connectivity index (χ3n) is 3.08. The molecule has 0 unspecified atom stereocenters. The molecule has 2 nitrogen and oxygen atoms in total. The summed E-state index contributed by atoms with van der Waals surface area (Å²) in [6.07, 6.45) is 2.64. The number of hydrogen-bond donors (Lipinski definition) is 1. The molecule has 0 saturated heterocycles. The van der Waals surface area contributed by atoms with Gasteiger partial charge in [-0.15, -0.1) is 0 Å². The minimum absolute atomic E-state index is 0.255. The predicted molar refractivity (Wildman–Crippen MR) is 82.8 cm³/mol. The first-order valence-electron chi connectivity index (χ1n) is 6.40. The maximum atomic E-state index is 11.4. The van der Waals surface area contributed by atoms with E-state index in [-0.39, 0.29) is 5.57 Å². The number of carboxylic acids is 1. The molecule has 0 spiro atoms. The van der Waals surface area contributed by atoms with Gasteiger partial charge in [-0.25, -0.2) is 4.79 Å². The lowest BCUT2D eigenvalue weighted by Crippen LogP contribution is -1.99. The Hall–Kier alpha value is -2.06. The molecular formula is C17H15ClO2. The molecule has 102 valence electrons. The second kappa shape index (κ2) is 6.40. The van der Waals surface area contributed by atoms with Crippen LogP contribution in [0.1, 0.15) is 23.6 Å². The molecule has 2 rings (SSSR count). The van der Waals surface area contributed by atoms with Crippen molar-refractivity contribution in [2.75, 3.05) is 0 Å². The van der Waals surface area contributed by atoms with E-state index in [1.165, 1.54) is 5.56 Å². The van der Waals surface area contributed by atoms with Gasteiger partial charge < -0.3 is 5.11 Å². The fourth-order valence-corrected chi connectivity index (χ4v) is 2.04. The van der Waals surface area contributed by atoms with Crippen LogP contribution in [0.4, 0.5) is 0 Å². The summed E-state index contributed by atoms with van der Waals surface area (Å²) in [5.74, 6) is -0.952. The van der Waals surface area contributed by atoms with E-state index in [0.29, 0.717) is 10.6 Å². The lowest BCUT2D eigenvalue weighted by molar-refractivity contribution is -0.130. The van der Waals surface area contributed by atoms with Crippen LogP contribution >= 0.6 is 11.6 Å². The summed E-state index contributed by atoms with van der Waals surface area (Å²) in [6.45, 7) is 2.08. The smallest absolute Gasteiger partial charge is 0.336 e. The van der Waals surface area contributed by atoms with Crippen molar-refractivity contribution in [2.24, 2.45) is 0 Å². The van der Waals surface area contributed by atoms with Crippen LogP contribution in [0.3, 0.4) is 0 Å². The molecule has 0 atom stereocenters. The third kappa shape index (κ3) is 3.49. The van der Waals surface area contributed by atoms with Gasteiger partial charge in [-0.2, -0.15) is 0 Å². The number of aliphatic carboxylic acids is 1. The maximum Gasteiger partial charge on any atom is 0.336 e. The predicted octanol–water partition coefficient (Wildman–Crippen LogP) is 4.53.